The van der Waals surface area contributed by atoms with E-state index in [-0.39, 0.29) is 0 Å². The average molecular weight is 461 g/mol. The average Bonchev–Trinajstić information content (AvgIpc) is 3.56. The van der Waals surface area contributed by atoms with Gasteiger partial charge in [0.15, 0.2) is 0 Å². The minimum absolute atomic E-state index is 0.870. The van der Waals surface area contributed by atoms with Gasteiger partial charge in [-0.2, -0.15) is 0 Å². The first-order valence-corrected chi connectivity index (χ1v) is 12.2. The highest BCUT2D eigenvalue weighted by Crippen LogP contribution is 2.47. The Morgan fingerprint density at radius 2 is 1.00 bits per heavy atom. The van der Waals surface area contributed by atoms with Crippen molar-refractivity contribution < 1.29 is 8.83 Å². The number of hydrogen-bond donors (Lipinski definition) is 0. The maximum Gasteiger partial charge on any atom is 0.136 e. The third-order valence-electron chi connectivity index (χ3n) is 7.36. The van der Waals surface area contributed by atoms with E-state index in [4.69, 9.17) is 8.83 Å². The van der Waals surface area contributed by atoms with Crippen LogP contribution < -0.4 is 0 Å². The molecule has 168 valence electrons. The fourth-order valence-electron chi connectivity index (χ4n) is 5.90. The summed E-state index contributed by atoms with van der Waals surface area (Å²) in [6.45, 7) is 0. The summed E-state index contributed by atoms with van der Waals surface area (Å²) in [5.74, 6) is 0. The highest BCUT2D eigenvalue weighted by molar-refractivity contribution is 6.28. The van der Waals surface area contributed by atoms with Crippen molar-refractivity contribution in [2.75, 3.05) is 0 Å². The first-order chi connectivity index (χ1) is 17.9. The first-order valence-electron chi connectivity index (χ1n) is 12.2. The zero-order valence-corrected chi connectivity index (χ0v) is 19.4. The van der Waals surface area contributed by atoms with Crippen LogP contribution in [-0.2, 0) is 0 Å². The molecule has 0 fully saturated rings. The number of benzene rings is 6. The number of rotatable bonds is 2. The van der Waals surface area contributed by atoms with Gasteiger partial charge in [0.05, 0.1) is 6.26 Å². The van der Waals surface area contributed by atoms with Gasteiger partial charge in [-0.05, 0) is 68.1 Å². The molecule has 2 aromatic heterocycles. The van der Waals surface area contributed by atoms with E-state index in [1.54, 1.807) is 6.26 Å². The van der Waals surface area contributed by atoms with Crippen molar-refractivity contribution in [3.05, 3.63) is 122 Å². The predicted octanol–water partition coefficient (Wildman–Crippen LogP) is 9.97. The van der Waals surface area contributed by atoms with Crippen LogP contribution in [0.25, 0.3) is 76.7 Å². The topological polar surface area (TPSA) is 26.3 Å². The van der Waals surface area contributed by atoms with Crippen molar-refractivity contribution >= 4 is 54.5 Å². The molecule has 0 saturated heterocycles. The lowest BCUT2D eigenvalue weighted by Crippen LogP contribution is -1.91. The van der Waals surface area contributed by atoms with Crippen LogP contribution in [0.2, 0.25) is 0 Å². The second-order valence-corrected chi connectivity index (χ2v) is 9.26. The number of fused-ring (bicyclic) bond motifs is 7. The van der Waals surface area contributed by atoms with E-state index in [2.05, 4.69) is 97.1 Å². The molecule has 8 aromatic rings. The third-order valence-corrected chi connectivity index (χ3v) is 7.36. The highest BCUT2D eigenvalue weighted by Gasteiger charge is 2.21. The first kappa shape index (κ1) is 19.5. The van der Waals surface area contributed by atoms with Crippen LogP contribution in [0.3, 0.4) is 0 Å². The van der Waals surface area contributed by atoms with Crippen LogP contribution in [0.15, 0.2) is 130 Å². The molecule has 8 rings (SSSR count). The van der Waals surface area contributed by atoms with E-state index in [9.17, 15) is 0 Å². The summed E-state index contributed by atoms with van der Waals surface area (Å²) >= 11 is 0. The van der Waals surface area contributed by atoms with E-state index >= 15 is 0 Å². The Morgan fingerprint density at radius 3 is 1.72 bits per heavy atom. The third kappa shape index (κ3) is 2.61. The van der Waals surface area contributed by atoms with Crippen molar-refractivity contribution in [1.82, 2.24) is 0 Å². The SMILES string of the molecule is c1ccc(-c2c3ccccc3c(-c3cccc4oc5ccc6occc6c5c34)c3ccccc23)cc1. The molecule has 0 bridgehead atoms. The van der Waals surface area contributed by atoms with Gasteiger partial charge >= 0.3 is 0 Å². The standard InChI is InChI=1S/C34H20O2/c1-2-9-21(10-3-1)31-22-11-4-6-13-24(22)32(25-14-7-5-12-23(25)31)27-15-8-16-29-34(27)33-26-19-20-35-28(26)17-18-30(33)36-29/h1-20H. The van der Waals surface area contributed by atoms with Crippen molar-refractivity contribution in [2.24, 2.45) is 0 Å². The van der Waals surface area contributed by atoms with Gasteiger partial charge in [0.2, 0.25) is 0 Å². The Bertz CT molecular complexity index is 2030. The van der Waals surface area contributed by atoms with Gasteiger partial charge in [-0.1, -0.05) is 91.0 Å². The summed E-state index contributed by atoms with van der Waals surface area (Å²) in [5, 5.41) is 8.27. The van der Waals surface area contributed by atoms with Crippen LogP contribution in [0.1, 0.15) is 0 Å². The number of hydrogen-bond acceptors (Lipinski definition) is 2. The molecule has 36 heavy (non-hydrogen) atoms. The van der Waals surface area contributed by atoms with Crippen molar-refractivity contribution in [1.29, 1.82) is 0 Å². The van der Waals surface area contributed by atoms with E-state index in [0.29, 0.717) is 0 Å². The van der Waals surface area contributed by atoms with E-state index < -0.39 is 0 Å². The molecule has 0 radical (unpaired) electrons. The molecule has 2 heterocycles. The van der Waals surface area contributed by atoms with Crippen molar-refractivity contribution in [2.45, 2.75) is 0 Å². The van der Waals surface area contributed by atoms with Gasteiger partial charge in [0, 0.05) is 16.2 Å². The molecule has 0 amide bonds. The zero-order chi connectivity index (χ0) is 23.6. The molecule has 2 nitrogen and oxygen atoms in total. The summed E-state index contributed by atoms with van der Waals surface area (Å²) in [5.41, 5.74) is 7.53. The highest BCUT2D eigenvalue weighted by atomic mass is 16.3. The summed E-state index contributed by atoms with van der Waals surface area (Å²) in [7, 11) is 0. The summed E-state index contributed by atoms with van der Waals surface area (Å²) in [4.78, 5) is 0. The van der Waals surface area contributed by atoms with Gasteiger partial charge in [0.25, 0.3) is 0 Å². The fraction of sp³-hybridized carbons (Fsp3) is 0. The number of furan rings is 2. The van der Waals surface area contributed by atoms with E-state index in [1.807, 2.05) is 18.2 Å². The minimum atomic E-state index is 0.870. The molecule has 0 atom stereocenters. The van der Waals surface area contributed by atoms with E-state index in [1.165, 1.54) is 43.8 Å². The monoisotopic (exact) mass is 460 g/mol. The Kier molecular flexibility index (Phi) is 3.97. The fourth-order valence-corrected chi connectivity index (χ4v) is 5.90. The molecular formula is C34H20O2. The second-order valence-electron chi connectivity index (χ2n) is 9.26. The van der Waals surface area contributed by atoms with Gasteiger partial charge in [0.1, 0.15) is 16.7 Å². The van der Waals surface area contributed by atoms with E-state index in [0.717, 1.165) is 32.9 Å². The normalized spacial score (nSPS) is 11.9. The molecule has 6 aromatic carbocycles. The maximum atomic E-state index is 6.37. The van der Waals surface area contributed by atoms with Crippen molar-refractivity contribution in [3.8, 4) is 22.3 Å². The van der Waals surface area contributed by atoms with Crippen LogP contribution in [0.5, 0.6) is 0 Å². The molecule has 0 saturated carbocycles. The second kappa shape index (κ2) is 7.34. The quantitative estimate of drug-likeness (QED) is 0.240. The molecule has 0 spiro atoms. The maximum absolute atomic E-state index is 6.37. The minimum Gasteiger partial charge on any atom is -0.464 e. The van der Waals surface area contributed by atoms with Crippen LogP contribution in [0.4, 0.5) is 0 Å². The van der Waals surface area contributed by atoms with Crippen LogP contribution in [-0.4, -0.2) is 0 Å². The van der Waals surface area contributed by atoms with Crippen molar-refractivity contribution in [3.63, 3.8) is 0 Å². The molecule has 0 N–H and O–H groups in total. The predicted molar refractivity (Wildman–Crippen MR) is 149 cm³/mol. The van der Waals surface area contributed by atoms with Gasteiger partial charge in [-0.3, -0.25) is 0 Å². The Morgan fingerprint density at radius 1 is 0.389 bits per heavy atom. The zero-order valence-electron chi connectivity index (χ0n) is 19.4. The molecule has 0 aliphatic carbocycles. The van der Waals surface area contributed by atoms with Crippen LogP contribution in [0, 0.1) is 0 Å². The lowest BCUT2D eigenvalue weighted by Gasteiger charge is -2.18. The van der Waals surface area contributed by atoms with Crippen LogP contribution >= 0.6 is 0 Å². The van der Waals surface area contributed by atoms with Gasteiger partial charge < -0.3 is 8.83 Å². The summed E-state index contributed by atoms with van der Waals surface area (Å²) in [6.07, 6.45) is 1.75. The Balaban J connectivity index is 1.61. The molecular weight excluding hydrogens is 440 g/mol. The Labute approximate surface area is 207 Å². The molecule has 0 aliphatic heterocycles. The summed E-state index contributed by atoms with van der Waals surface area (Å²) in [6, 6.07) is 40.7. The lowest BCUT2D eigenvalue weighted by atomic mass is 9.85. The molecule has 0 aliphatic rings. The lowest BCUT2D eigenvalue weighted by molar-refractivity contribution is 0.615. The van der Waals surface area contributed by atoms with Gasteiger partial charge in [-0.25, -0.2) is 0 Å². The largest absolute Gasteiger partial charge is 0.464 e. The summed E-state index contributed by atoms with van der Waals surface area (Å²) < 4.78 is 12.1. The smallest absolute Gasteiger partial charge is 0.136 e. The Hall–Kier alpha value is -4.82. The van der Waals surface area contributed by atoms with Gasteiger partial charge in [-0.15, -0.1) is 0 Å². The molecule has 0 unspecified atom stereocenters. The molecule has 2 heteroatoms.